The lowest BCUT2D eigenvalue weighted by atomic mass is 10.2. The molecule has 0 fully saturated rings. The topological polar surface area (TPSA) is 26.3 Å². The van der Waals surface area contributed by atoms with E-state index < -0.39 is 0 Å². The van der Waals surface area contributed by atoms with E-state index >= 15 is 0 Å². The van der Waals surface area contributed by atoms with Gasteiger partial charge in [-0.3, -0.25) is 0 Å². The lowest BCUT2D eigenvalue weighted by Gasteiger charge is -1.99. The van der Waals surface area contributed by atoms with Gasteiger partial charge in [-0.1, -0.05) is 18.2 Å². The number of ether oxygens (including phenoxy) is 1. The standard InChI is InChI=1S/C8H7BO2/c9-6-11-8(10)7-4-2-1-3-5-7/h1-5H,6H2. The van der Waals surface area contributed by atoms with E-state index in [0.29, 0.717) is 5.56 Å². The Morgan fingerprint density at radius 1 is 1.36 bits per heavy atom. The zero-order chi connectivity index (χ0) is 8.10. The molecular formula is C8H7BO2. The molecule has 0 aliphatic rings. The third-order valence-corrected chi connectivity index (χ3v) is 1.22. The van der Waals surface area contributed by atoms with Crippen molar-refractivity contribution in [3.05, 3.63) is 35.9 Å². The molecule has 0 N–H and O–H groups in total. The molecule has 0 heterocycles. The molecule has 0 amide bonds. The minimum absolute atomic E-state index is 0.0757. The second kappa shape index (κ2) is 3.81. The van der Waals surface area contributed by atoms with Crippen LogP contribution < -0.4 is 0 Å². The Morgan fingerprint density at radius 3 is 2.55 bits per heavy atom. The molecule has 0 saturated heterocycles. The molecule has 1 aromatic carbocycles. The van der Waals surface area contributed by atoms with Gasteiger partial charge < -0.3 is 4.74 Å². The molecule has 1 rings (SSSR count). The fraction of sp³-hybridized carbons (Fsp3) is 0.125. The van der Waals surface area contributed by atoms with E-state index in [2.05, 4.69) is 4.74 Å². The molecule has 2 radical (unpaired) electrons. The molecule has 0 unspecified atom stereocenters. The first-order valence-corrected chi connectivity index (χ1v) is 3.27. The Morgan fingerprint density at radius 2 is 2.00 bits per heavy atom. The molecule has 11 heavy (non-hydrogen) atoms. The maximum Gasteiger partial charge on any atom is 0.337 e. The lowest BCUT2D eigenvalue weighted by molar-refractivity contribution is 0.0573. The van der Waals surface area contributed by atoms with Crippen molar-refractivity contribution in [2.45, 2.75) is 0 Å². The first-order chi connectivity index (χ1) is 5.34. The van der Waals surface area contributed by atoms with Crippen LogP contribution in [0.2, 0.25) is 0 Å². The number of hydrogen-bond donors (Lipinski definition) is 0. The fourth-order valence-corrected chi connectivity index (χ4v) is 0.733. The van der Waals surface area contributed by atoms with Crippen LogP contribution in [0.25, 0.3) is 0 Å². The van der Waals surface area contributed by atoms with Gasteiger partial charge in [0.15, 0.2) is 0 Å². The highest BCUT2D eigenvalue weighted by molar-refractivity contribution is 6.09. The smallest absolute Gasteiger partial charge is 0.337 e. The molecule has 1 aromatic rings. The Kier molecular flexibility index (Phi) is 2.72. The number of carbonyl (C=O) groups excluding carboxylic acids is 1. The summed E-state index contributed by atoms with van der Waals surface area (Å²) >= 11 is 0. The summed E-state index contributed by atoms with van der Waals surface area (Å²) in [5.74, 6) is -0.381. The SMILES string of the molecule is [B]COC(=O)c1ccccc1. The summed E-state index contributed by atoms with van der Waals surface area (Å²) in [6.07, 6.45) is 0. The van der Waals surface area contributed by atoms with Crippen molar-refractivity contribution in [2.75, 3.05) is 6.51 Å². The van der Waals surface area contributed by atoms with Crippen LogP contribution in [0, 0.1) is 0 Å². The van der Waals surface area contributed by atoms with Crippen LogP contribution in [0.5, 0.6) is 0 Å². The average Bonchev–Trinajstić information content (AvgIpc) is 2.07. The summed E-state index contributed by atoms with van der Waals surface area (Å²) in [5.41, 5.74) is 0.526. The van der Waals surface area contributed by atoms with Crippen LogP contribution in [0.4, 0.5) is 0 Å². The van der Waals surface area contributed by atoms with Crippen LogP contribution in [0.15, 0.2) is 30.3 Å². The summed E-state index contributed by atoms with van der Waals surface area (Å²) in [6.45, 7) is -0.0757. The van der Waals surface area contributed by atoms with Crippen molar-refractivity contribution >= 4 is 13.8 Å². The highest BCUT2D eigenvalue weighted by atomic mass is 16.5. The molecule has 0 bridgehead atoms. The quantitative estimate of drug-likeness (QED) is 0.458. The minimum Gasteiger partial charge on any atom is -0.472 e. The average molecular weight is 146 g/mol. The van der Waals surface area contributed by atoms with E-state index in [-0.39, 0.29) is 12.5 Å². The Balaban J connectivity index is 2.69. The second-order valence-corrected chi connectivity index (χ2v) is 1.96. The number of carbonyl (C=O) groups is 1. The van der Waals surface area contributed by atoms with E-state index in [4.69, 9.17) is 7.85 Å². The predicted octanol–water partition coefficient (Wildman–Crippen LogP) is 0.969. The molecule has 0 spiro atoms. The molecule has 0 saturated carbocycles. The first kappa shape index (κ1) is 7.86. The Labute approximate surface area is 66.6 Å². The van der Waals surface area contributed by atoms with Crippen molar-refractivity contribution in [3.63, 3.8) is 0 Å². The summed E-state index contributed by atoms with van der Waals surface area (Å²) in [6, 6.07) is 8.73. The van der Waals surface area contributed by atoms with Gasteiger partial charge in [0.25, 0.3) is 0 Å². The molecule has 54 valence electrons. The third kappa shape index (κ3) is 2.11. The number of benzene rings is 1. The van der Waals surface area contributed by atoms with E-state index in [1.54, 1.807) is 24.3 Å². The normalized spacial score (nSPS) is 9.09. The van der Waals surface area contributed by atoms with Crippen molar-refractivity contribution in [1.82, 2.24) is 0 Å². The van der Waals surface area contributed by atoms with Crippen LogP contribution in [0.1, 0.15) is 10.4 Å². The van der Waals surface area contributed by atoms with Gasteiger partial charge >= 0.3 is 5.97 Å². The third-order valence-electron chi connectivity index (χ3n) is 1.22. The largest absolute Gasteiger partial charge is 0.472 e. The van der Waals surface area contributed by atoms with Crippen molar-refractivity contribution in [1.29, 1.82) is 0 Å². The molecule has 0 aliphatic heterocycles. The molecule has 0 aliphatic carbocycles. The summed E-state index contributed by atoms with van der Waals surface area (Å²) in [4.78, 5) is 10.9. The summed E-state index contributed by atoms with van der Waals surface area (Å²) in [7, 11) is 5.02. The van der Waals surface area contributed by atoms with Crippen LogP contribution >= 0.6 is 0 Å². The monoisotopic (exact) mass is 146 g/mol. The molecule has 0 atom stereocenters. The van der Waals surface area contributed by atoms with Gasteiger partial charge in [0, 0.05) is 6.51 Å². The number of esters is 1. The highest BCUT2D eigenvalue weighted by Gasteiger charge is 2.02. The fourth-order valence-electron chi connectivity index (χ4n) is 0.733. The van der Waals surface area contributed by atoms with Gasteiger partial charge in [0.1, 0.15) is 7.85 Å². The van der Waals surface area contributed by atoms with Gasteiger partial charge in [0.05, 0.1) is 5.56 Å². The summed E-state index contributed by atoms with van der Waals surface area (Å²) in [5, 5.41) is 0. The zero-order valence-corrected chi connectivity index (χ0v) is 5.99. The van der Waals surface area contributed by atoms with Gasteiger partial charge in [-0.05, 0) is 12.1 Å². The van der Waals surface area contributed by atoms with Crippen LogP contribution in [-0.2, 0) is 4.74 Å². The second-order valence-electron chi connectivity index (χ2n) is 1.96. The van der Waals surface area contributed by atoms with Crippen molar-refractivity contribution in [2.24, 2.45) is 0 Å². The summed E-state index contributed by atoms with van der Waals surface area (Å²) < 4.78 is 4.57. The van der Waals surface area contributed by atoms with E-state index in [1.165, 1.54) is 0 Å². The van der Waals surface area contributed by atoms with Crippen LogP contribution in [0.3, 0.4) is 0 Å². The maximum absolute atomic E-state index is 10.9. The molecule has 2 nitrogen and oxygen atoms in total. The Hall–Kier alpha value is -1.25. The highest BCUT2D eigenvalue weighted by Crippen LogP contribution is 1.99. The molecule has 0 aromatic heterocycles. The maximum atomic E-state index is 10.9. The van der Waals surface area contributed by atoms with Gasteiger partial charge in [0.2, 0.25) is 0 Å². The first-order valence-electron chi connectivity index (χ1n) is 3.27. The Bertz CT molecular complexity index is 233. The lowest BCUT2D eigenvalue weighted by Crippen LogP contribution is -2.05. The van der Waals surface area contributed by atoms with Crippen molar-refractivity contribution in [3.8, 4) is 0 Å². The van der Waals surface area contributed by atoms with Gasteiger partial charge in [-0.2, -0.15) is 0 Å². The zero-order valence-electron chi connectivity index (χ0n) is 5.99. The van der Waals surface area contributed by atoms with Crippen molar-refractivity contribution < 1.29 is 9.53 Å². The van der Waals surface area contributed by atoms with Crippen LogP contribution in [-0.4, -0.2) is 20.3 Å². The van der Waals surface area contributed by atoms with E-state index in [1.807, 2.05) is 6.07 Å². The van der Waals surface area contributed by atoms with E-state index in [0.717, 1.165) is 0 Å². The van der Waals surface area contributed by atoms with Gasteiger partial charge in [-0.15, -0.1) is 0 Å². The van der Waals surface area contributed by atoms with Gasteiger partial charge in [-0.25, -0.2) is 4.79 Å². The molecule has 3 heteroatoms. The number of hydrogen-bond acceptors (Lipinski definition) is 2. The minimum atomic E-state index is -0.381. The predicted molar refractivity (Wildman–Crippen MR) is 42.5 cm³/mol. The van der Waals surface area contributed by atoms with E-state index in [9.17, 15) is 4.79 Å². The number of rotatable bonds is 2. The molecular weight excluding hydrogens is 139 g/mol.